The molecule has 0 bridgehead atoms. The van der Waals surface area contributed by atoms with Crippen LogP contribution in [0.3, 0.4) is 0 Å². The highest BCUT2D eigenvalue weighted by atomic mass is 15.2. The number of aryl methyl sites for hydroxylation is 1. The average molecular weight is 325 g/mol. The summed E-state index contributed by atoms with van der Waals surface area (Å²) in [7, 11) is 2.00. The highest BCUT2D eigenvalue weighted by Gasteiger charge is 2.41. The summed E-state index contributed by atoms with van der Waals surface area (Å²) in [5.41, 5.74) is 3.21. The lowest BCUT2D eigenvalue weighted by atomic mass is 9.79. The first kappa shape index (κ1) is 15.8. The molecule has 1 spiro atoms. The van der Waals surface area contributed by atoms with Gasteiger partial charge < -0.3 is 0 Å². The highest BCUT2D eigenvalue weighted by molar-refractivity contribution is 5.10. The maximum absolute atomic E-state index is 4.31. The van der Waals surface area contributed by atoms with E-state index in [2.05, 4.69) is 38.2 Å². The molecule has 4 heterocycles. The molecular weight excluding hydrogens is 298 g/mol. The summed E-state index contributed by atoms with van der Waals surface area (Å²) >= 11 is 0. The normalized spacial score (nSPS) is 25.5. The summed E-state index contributed by atoms with van der Waals surface area (Å²) in [4.78, 5) is 9.39. The number of piperidine rings is 1. The molecule has 0 aromatic carbocycles. The number of hydrogen-bond donors (Lipinski definition) is 0. The number of aromatic nitrogens is 3. The smallest absolute Gasteiger partial charge is 0.0534 e. The molecule has 2 saturated heterocycles. The second-order valence-corrected chi connectivity index (χ2v) is 7.65. The molecular formula is C19H27N5. The zero-order chi connectivity index (χ0) is 16.4. The summed E-state index contributed by atoms with van der Waals surface area (Å²) in [5, 5.41) is 4.31. The Balaban J connectivity index is 1.36. The van der Waals surface area contributed by atoms with Crippen LogP contribution < -0.4 is 0 Å². The van der Waals surface area contributed by atoms with Gasteiger partial charge in [-0.15, -0.1) is 0 Å². The summed E-state index contributed by atoms with van der Waals surface area (Å²) < 4.78 is 1.90. The Morgan fingerprint density at radius 2 is 1.75 bits per heavy atom. The van der Waals surface area contributed by atoms with Gasteiger partial charge in [0.05, 0.1) is 6.20 Å². The van der Waals surface area contributed by atoms with Crippen LogP contribution in [0.15, 0.2) is 36.9 Å². The van der Waals surface area contributed by atoms with Crippen molar-refractivity contribution in [3.63, 3.8) is 0 Å². The van der Waals surface area contributed by atoms with Crippen molar-refractivity contribution in [3.8, 4) is 0 Å². The molecule has 2 aromatic rings. The van der Waals surface area contributed by atoms with Crippen LogP contribution >= 0.6 is 0 Å². The maximum Gasteiger partial charge on any atom is 0.0534 e. The van der Waals surface area contributed by atoms with Crippen molar-refractivity contribution in [1.29, 1.82) is 0 Å². The van der Waals surface area contributed by atoms with Crippen molar-refractivity contribution in [2.24, 2.45) is 12.5 Å². The lowest BCUT2D eigenvalue weighted by Crippen LogP contribution is -2.44. The van der Waals surface area contributed by atoms with Crippen LogP contribution in [0.4, 0.5) is 0 Å². The Morgan fingerprint density at radius 1 is 1.00 bits per heavy atom. The van der Waals surface area contributed by atoms with Crippen molar-refractivity contribution in [3.05, 3.63) is 48.0 Å². The van der Waals surface area contributed by atoms with E-state index in [4.69, 9.17) is 0 Å². The summed E-state index contributed by atoms with van der Waals surface area (Å²) in [6.07, 6.45) is 12.0. The SMILES string of the molecule is Cn1cc(CN2CCC[C@@]3(CCN(Cc4ccncc4)C3)C2)cn1. The molecule has 2 aromatic heterocycles. The first-order valence-electron chi connectivity index (χ1n) is 9.02. The van der Waals surface area contributed by atoms with E-state index in [1.807, 2.05) is 30.3 Å². The molecule has 4 rings (SSSR count). The second-order valence-electron chi connectivity index (χ2n) is 7.65. The van der Waals surface area contributed by atoms with Crippen LogP contribution in [0, 0.1) is 5.41 Å². The monoisotopic (exact) mass is 325 g/mol. The van der Waals surface area contributed by atoms with Crippen LogP contribution in [0.1, 0.15) is 30.4 Å². The molecule has 0 saturated carbocycles. The van der Waals surface area contributed by atoms with Gasteiger partial charge in [-0.05, 0) is 55.5 Å². The van der Waals surface area contributed by atoms with Crippen molar-refractivity contribution < 1.29 is 0 Å². The van der Waals surface area contributed by atoms with Crippen molar-refractivity contribution in [2.45, 2.75) is 32.4 Å². The van der Waals surface area contributed by atoms with Gasteiger partial charge in [-0.25, -0.2) is 0 Å². The van der Waals surface area contributed by atoms with Crippen LogP contribution in [-0.2, 0) is 20.1 Å². The van der Waals surface area contributed by atoms with Crippen LogP contribution in [0.2, 0.25) is 0 Å². The molecule has 0 radical (unpaired) electrons. The minimum absolute atomic E-state index is 0.494. The standard InChI is InChI=1S/C19H27N5/c1-22-12-18(11-21-22)14-23-9-2-5-19(15-23)6-10-24(16-19)13-17-3-7-20-8-4-17/h3-4,7-8,11-12H,2,5-6,9-10,13-16H2,1H3/t19-/m1/s1. The highest BCUT2D eigenvalue weighted by Crippen LogP contribution is 2.39. The number of likely N-dealkylation sites (tertiary alicyclic amines) is 2. The Hall–Kier alpha value is -1.72. The van der Waals surface area contributed by atoms with Crippen molar-refractivity contribution in [1.82, 2.24) is 24.6 Å². The van der Waals surface area contributed by atoms with Gasteiger partial charge in [0.1, 0.15) is 0 Å². The molecule has 24 heavy (non-hydrogen) atoms. The Bertz CT molecular complexity index is 667. The van der Waals surface area contributed by atoms with E-state index in [1.165, 1.54) is 56.6 Å². The largest absolute Gasteiger partial charge is 0.298 e. The fourth-order valence-electron chi connectivity index (χ4n) is 4.50. The van der Waals surface area contributed by atoms with Gasteiger partial charge in [-0.3, -0.25) is 19.5 Å². The van der Waals surface area contributed by atoms with Gasteiger partial charge in [0.2, 0.25) is 0 Å². The second kappa shape index (κ2) is 6.65. The van der Waals surface area contributed by atoms with Gasteiger partial charge in [-0.2, -0.15) is 5.10 Å². The predicted molar refractivity (Wildman–Crippen MR) is 94.3 cm³/mol. The summed E-state index contributed by atoms with van der Waals surface area (Å²) in [6.45, 7) is 7.02. The van der Waals surface area contributed by atoms with Crippen molar-refractivity contribution >= 4 is 0 Å². The molecule has 1 atom stereocenters. The van der Waals surface area contributed by atoms with Gasteiger partial charge >= 0.3 is 0 Å². The van der Waals surface area contributed by atoms with Gasteiger partial charge in [0.15, 0.2) is 0 Å². The molecule has 2 aliphatic rings. The minimum Gasteiger partial charge on any atom is -0.298 e. The molecule has 0 N–H and O–H groups in total. The fourth-order valence-corrected chi connectivity index (χ4v) is 4.50. The third-order valence-electron chi connectivity index (χ3n) is 5.58. The number of hydrogen-bond acceptors (Lipinski definition) is 4. The van der Waals surface area contributed by atoms with Gasteiger partial charge in [0, 0.05) is 57.4 Å². The molecule has 128 valence electrons. The van der Waals surface area contributed by atoms with E-state index in [0.717, 1.165) is 13.1 Å². The summed E-state index contributed by atoms with van der Waals surface area (Å²) in [6, 6.07) is 4.28. The molecule has 0 amide bonds. The number of nitrogens with zero attached hydrogens (tertiary/aromatic N) is 5. The van der Waals surface area contributed by atoms with Crippen LogP contribution in [-0.4, -0.2) is 50.7 Å². The number of pyridine rings is 1. The first-order valence-corrected chi connectivity index (χ1v) is 9.02. The molecule has 5 nitrogen and oxygen atoms in total. The van der Waals surface area contributed by atoms with Crippen LogP contribution in [0.5, 0.6) is 0 Å². The Kier molecular flexibility index (Phi) is 4.37. The predicted octanol–water partition coefficient (Wildman–Crippen LogP) is 2.30. The quantitative estimate of drug-likeness (QED) is 0.864. The topological polar surface area (TPSA) is 37.2 Å². The van der Waals surface area contributed by atoms with Gasteiger partial charge in [-0.1, -0.05) is 0 Å². The average Bonchev–Trinajstić information content (AvgIpc) is 3.15. The zero-order valence-electron chi connectivity index (χ0n) is 14.6. The van der Waals surface area contributed by atoms with E-state index in [9.17, 15) is 0 Å². The fraction of sp³-hybridized carbons (Fsp3) is 0.579. The van der Waals surface area contributed by atoms with Gasteiger partial charge in [0.25, 0.3) is 0 Å². The maximum atomic E-state index is 4.31. The zero-order valence-corrected chi connectivity index (χ0v) is 14.6. The first-order chi connectivity index (χ1) is 11.7. The van der Waals surface area contributed by atoms with E-state index >= 15 is 0 Å². The Labute approximate surface area is 144 Å². The summed E-state index contributed by atoms with van der Waals surface area (Å²) in [5.74, 6) is 0. The van der Waals surface area contributed by atoms with E-state index < -0.39 is 0 Å². The Morgan fingerprint density at radius 3 is 2.50 bits per heavy atom. The molecule has 2 aliphatic heterocycles. The lowest BCUT2D eigenvalue weighted by Gasteiger charge is -2.40. The van der Waals surface area contributed by atoms with E-state index in [-0.39, 0.29) is 0 Å². The third kappa shape index (κ3) is 3.52. The minimum atomic E-state index is 0.494. The van der Waals surface area contributed by atoms with E-state index in [0.29, 0.717) is 5.41 Å². The van der Waals surface area contributed by atoms with Crippen LogP contribution in [0.25, 0.3) is 0 Å². The molecule has 2 fully saturated rings. The van der Waals surface area contributed by atoms with Crippen molar-refractivity contribution in [2.75, 3.05) is 26.2 Å². The molecule has 0 aliphatic carbocycles. The van der Waals surface area contributed by atoms with E-state index in [1.54, 1.807) is 0 Å². The molecule has 0 unspecified atom stereocenters. The number of rotatable bonds is 4. The lowest BCUT2D eigenvalue weighted by molar-refractivity contribution is 0.0866. The third-order valence-corrected chi connectivity index (χ3v) is 5.58. The molecule has 5 heteroatoms.